The van der Waals surface area contributed by atoms with Gasteiger partial charge in [0.1, 0.15) is 5.75 Å². The predicted octanol–water partition coefficient (Wildman–Crippen LogP) is 3.59. The van der Waals surface area contributed by atoms with Gasteiger partial charge in [-0.05, 0) is 44.4 Å². The maximum atomic E-state index is 5.27. The van der Waals surface area contributed by atoms with Crippen molar-refractivity contribution in [3.8, 4) is 5.75 Å². The van der Waals surface area contributed by atoms with E-state index in [0.29, 0.717) is 0 Å². The van der Waals surface area contributed by atoms with Crippen LogP contribution in [-0.4, -0.2) is 43.1 Å². The van der Waals surface area contributed by atoms with E-state index in [9.17, 15) is 0 Å². The number of hydrogen-bond acceptors (Lipinski definition) is 4. The van der Waals surface area contributed by atoms with E-state index in [-0.39, 0.29) is 5.41 Å². The van der Waals surface area contributed by atoms with Gasteiger partial charge in [-0.15, -0.1) is 11.3 Å². The van der Waals surface area contributed by atoms with Crippen molar-refractivity contribution in [3.05, 3.63) is 45.9 Å². The summed E-state index contributed by atoms with van der Waals surface area (Å²) in [5.41, 5.74) is 2.64. The van der Waals surface area contributed by atoms with Crippen LogP contribution in [0.1, 0.15) is 36.0 Å². The van der Waals surface area contributed by atoms with Gasteiger partial charge in [-0.2, -0.15) is 0 Å². The summed E-state index contributed by atoms with van der Waals surface area (Å²) in [4.78, 5) is 11.7. The first-order valence-corrected chi connectivity index (χ1v) is 9.99. The van der Waals surface area contributed by atoms with Gasteiger partial charge in [0.2, 0.25) is 0 Å². The molecule has 26 heavy (non-hydrogen) atoms. The van der Waals surface area contributed by atoms with Gasteiger partial charge in [-0.25, -0.2) is 4.98 Å². The third kappa shape index (κ3) is 4.36. The second-order valence-electron chi connectivity index (χ2n) is 6.89. The van der Waals surface area contributed by atoms with Crippen LogP contribution in [0.2, 0.25) is 0 Å². The number of hydrogen-bond donors (Lipinski definition) is 1. The number of rotatable bonds is 7. The fourth-order valence-electron chi connectivity index (χ4n) is 3.13. The van der Waals surface area contributed by atoms with Crippen molar-refractivity contribution in [1.29, 1.82) is 0 Å². The molecule has 6 heteroatoms. The monoisotopic (exact) mass is 372 g/mol. The van der Waals surface area contributed by atoms with E-state index in [2.05, 4.69) is 46.7 Å². The first kappa shape index (κ1) is 18.7. The smallest absolute Gasteiger partial charge is 0.194 e. The van der Waals surface area contributed by atoms with Crippen LogP contribution in [-0.2, 0) is 12.0 Å². The van der Waals surface area contributed by atoms with E-state index in [1.807, 2.05) is 19.1 Å². The third-order valence-electron chi connectivity index (χ3n) is 4.85. The Morgan fingerprint density at radius 3 is 2.62 bits per heavy atom. The van der Waals surface area contributed by atoms with Gasteiger partial charge in [0.05, 0.1) is 30.9 Å². The van der Waals surface area contributed by atoms with E-state index >= 15 is 0 Å². The number of nitrogens with one attached hydrogen (secondary N) is 1. The number of aliphatic imine (C=N–C) groups is 1. The summed E-state index contributed by atoms with van der Waals surface area (Å²) in [6, 6.07) is 8.44. The van der Waals surface area contributed by atoms with Gasteiger partial charge in [0, 0.05) is 24.4 Å². The highest BCUT2D eigenvalue weighted by molar-refractivity contribution is 7.09. The van der Waals surface area contributed by atoms with Gasteiger partial charge < -0.3 is 15.0 Å². The summed E-state index contributed by atoms with van der Waals surface area (Å²) in [5.74, 6) is 1.85. The van der Waals surface area contributed by atoms with Crippen LogP contribution in [0.3, 0.4) is 0 Å². The molecule has 1 aromatic heterocycles. The Balaban J connectivity index is 1.69. The molecule has 0 bridgehead atoms. The molecule has 0 saturated heterocycles. The highest BCUT2D eigenvalue weighted by atomic mass is 32.1. The number of guanidine groups is 1. The van der Waals surface area contributed by atoms with Crippen molar-refractivity contribution in [2.45, 2.75) is 38.6 Å². The lowest BCUT2D eigenvalue weighted by Crippen LogP contribution is -2.39. The summed E-state index contributed by atoms with van der Waals surface area (Å²) in [6.45, 7) is 6.58. The fraction of sp³-hybridized carbons (Fsp3) is 0.500. The molecule has 0 aliphatic heterocycles. The topological polar surface area (TPSA) is 49.8 Å². The lowest BCUT2D eigenvalue weighted by Gasteiger charge is -2.22. The average Bonchev–Trinajstić information content (AvgIpc) is 3.34. The first-order chi connectivity index (χ1) is 12.6. The van der Waals surface area contributed by atoms with Crippen LogP contribution in [0, 0.1) is 6.92 Å². The minimum atomic E-state index is 0.186. The van der Waals surface area contributed by atoms with Crippen LogP contribution in [0.4, 0.5) is 0 Å². The van der Waals surface area contributed by atoms with Gasteiger partial charge in [-0.3, -0.25) is 4.99 Å². The number of thiazole rings is 1. The minimum absolute atomic E-state index is 0.186. The molecule has 0 spiro atoms. The number of benzene rings is 1. The molecule has 1 aliphatic carbocycles. The number of methoxy groups -OCH3 is 1. The highest BCUT2D eigenvalue weighted by Crippen LogP contribution is 2.48. The Labute approximate surface area is 160 Å². The number of aryl methyl sites for hydroxylation is 1. The zero-order valence-electron chi connectivity index (χ0n) is 16.1. The summed E-state index contributed by atoms with van der Waals surface area (Å²) < 4.78 is 5.27. The second-order valence-corrected chi connectivity index (χ2v) is 7.96. The molecular weight excluding hydrogens is 344 g/mol. The molecule has 2 aromatic rings. The highest BCUT2D eigenvalue weighted by Gasteiger charge is 2.44. The van der Waals surface area contributed by atoms with Crippen molar-refractivity contribution in [2.24, 2.45) is 4.99 Å². The van der Waals surface area contributed by atoms with Gasteiger partial charge in [-0.1, -0.05) is 12.1 Å². The van der Waals surface area contributed by atoms with Crippen molar-refractivity contribution in [2.75, 3.05) is 27.2 Å². The van der Waals surface area contributed by atoms with E-state index < -0.39 is 0 Å². The third-order valence-corrected chi connectivity index (χ3v) is 5.67. The molecule has 0 unspecified atom stereocenters. The molecule has 1 fully saturated rings. The molecule has 0 atom stereocenters. The molecule has 1 aliphatic rings. The Morgan fingerprint density at radius 2 is 2.08 bits per heavy atom. The standard InChI is InChI=1S/C20H28N4OS/c1-5-21-19(24(3)12-17-13-26-15(2)23-17)22-14-20(10-11-20)16-6-8-18(25-4)9-7-16/h6-9,13H,5,10-12,14H2,1-4H3,(H,21,22). The van der Waals surface area contributed by atoms with Gasteiger partial charge >= 0.3 is 0 Å². The SMILES string of the molecule is CCNC(=NCC1(c2ccc(OC)cc2)CC1)N(C)Cc1csc(C)n1. The van der Waals surface area contributed by atoms with E-state index in [1.165, 1.54) is 18.4 Å². The first-order valence-electron chi connectivity index (χ1n) is 9.11. The van der Waals surface area contributed by atoms with Crippen LogP contribution >= 0.6 is 11.3 Å². The molecule has 0 amide bonds. The fourth-order valence-corrected chi connectivity index (χ4v) is 3.73. The Kier molecular flexibility index (Phi) is 5.81. The van der Waals surface area contributed by atoms with Crippen molar-refractivity contribution in [1.82, 2.24) is 15.2 Å². The quantitative estimate of drug-likeness (QED) is 0.596. The predicted molar refractivity (Wildman–Crippen MR) is 108 cm³/mol. The molecule has 5 nitrogen and oxygen atoms in total. The molecular formula is C20H28N4OS. The van der Waals surface area contributed by atoms with E-state index in [1.54, 1.807) is 18.4 Å². The van der Waals surface area contributed by atoms with Crippen LogP contribution in [0.15, 0.2) is 34.6 Å². The van der Waals surface area contributed by atoms with Crippen LogP contribution < -0.4 is 10.1 Å². The second kappa shape index (κ2) is 8.08. The molecule has 1 saturated carbocycles. The molecule has 1 heterocycles. The lowest BCUT2D eigenvalue weighted by molar-refractivity contribution is 0.414. The summed E-state index contributed by atoms with van der Waals surface area (Å²) in [6.07, 6.45) is 2.38. The number of aromatic nitrogens is 1. The Hall–Kier alpha value is -2.08. The normalized spacial score (nSPS) is 15.6. The Bertz CT molecular complexity index is 749. The number of nitrogens with zero attached hydrogens (tertiary/aromatic N) is 3. The maximum Gasteiger partial charge on any atom is 0.194 e. The van der Waals surface area contributed by atoms with Crippen molar-refractivity contribution < 1.29 is 4.74 Å². The maximum absolute atomic E-state index is 5.27. The minimum Gasteiger partial charge on any atom is -0.497 e. The molecule has 0 radical (unpaired) electrons. The lowest BCUT2D eigenvalue weighted by atomic mass is 9.96. The zero-order valence-corrected chi connectivity index (χ0v) is 16.9. The van der Waals surface area contributed by atoms with E-state index in [4.69, 9.17) is 9.73 Å². The molecule has 3 rings (SSSR count). The number of ether oxygens (including phenoxy) is 1. The Morgan fingerprint density at radius 1 is 1.35 bits per heavy atom. The van der Waals surface area contributed by atoms with Gasteiger partial charge in [0.15, 0.2) is 5.96 Å². The van der Waals surface area contributed by atoms with Crippen molar-refractivity contribution >= 4 is 17.3 Å². The zero-order chi connectivity index (χ0) is 18.6. The largest absolute Gasteiger partial charge is 0.497 e. The molecule has 1 N–H and O–H groups in total. The van der Waals surface area contributed by atoms with Crippen molar-refractivity contribution in [3.63, 3.8) is 0 Å². The van der Waals surface area contributed by atoms with Crippen LogP contribution in [0.5, 0.6) is 5.75 Å². The molecule has 1 aromatic carbocycles. The summed E-state index contributed by atoms with van der Waals surface area (Å²) in [7, 11) is 3.78. The van der Waals surface area contributed by atoms with Gasteiger partial charge in [0.25, 0.3) is 0 Å². The van der Waals surface area contributed by atoms with Crippen LogP contribution in [0.25, 0.3) is 0 Å². The summed E-state index contributed by atoms with van der Waals surface area (Å²) in [5, 5.41) is 6.63. The summed E-state index contributed by atoms with van der Waals surface area (Å²) >= 11 is 1.69. The average molecular weight is 373 g/mol. The molecule has 140 valence electrons. The van der Waals surface area contributed by atoms with E-state index in [0.717, 1.165) is 42.0 Å².